The fourth-order valence-electron chi connectivity index (χ4n) is 0.973. The predicted octanol–water partition coefficient (Wildman–Crippen LogP) is 0.910. The van der Waals surface area contributed by atoms with E-state index in [1.807, 2.05) is 0 Å². The zero-order valence-electron chi connectivity index (χ0n) is 6.98. The molecule has 0 bridgehead atoms. The van der Waals surface area contributed by atoms with Crippen LogP contribution in [0.1, 0.15) is 20.3 Å². The summed E-state index contributed by atoms with van der Waals surface area (Å²) in [6.45, 7) is 3.06. The van der Waals surface area contributed by atoms with Crippen LogP contribution in [0.15, 0.2) is 11.8 Å². The topological polar surface area (TPSA) is 69.2 Å². The van der Waals surface area contributed by atoms with Crippen LogP contribution in [-0.2, 0) is 0 Å². The molecule has 1 rings (SSSR count). The molecule has 0 aromatic heterocycles. The molecule has 0 spiro atoms. The minimum absolute atomic E-state index is 0.282. The SMILES string of the molecule is CC1=CCC(C)([N+](=O)[O-])C=[N+]1[O-]. The highest BCUT2D eigenvalue weighted by Gasteiger charge is 2.41. The van der Waals surface area contributed by atoms with Crippen molar-refractivity contribution in [3.05, 3.63) is 27.1 Å². The van der Waals surface area contributed by atoms with Crippen molar-refractivity contribution in [3.63, 3.8) is 0 Å². The highest BCUT2D eigenvalue weighted by atomic mass is 16.6. The van der Waals surface area contributed by atoms with E-state index in [9.17, 15) is 15.3 Å². The molecule has 1 aliphatic rings. The fourth-order valence-corrected chi connectivity index (χ4v) is 0.973. The summed E-state index contributed by atoms with van der Waals surface area (Å²) in [6.07, 6.45) is 2.96. The third kappa shape index (κ3) is 1.30. The number of hydrogen-bond donors (Lipinski definition) is 0. The molecule has 12 heavy (non-hydrogen) atoms. The normalized spacial score (nSPS) is 29.2. The van der Waals surface area contributed by atoms with Crippen molar-refractivity contribution in [2.75, 3.05) is 0 Å². The molecule has 1 atom stereocenters. The van der Waals surface area contributed by atoms with Crippen molar-refractivity contribution >= 4 is 6.21 Å². The van der Waals surface area contributed by atoms with E-state index in [1.165, 1.54) is 6.92 Å². The summed E-state index contributed by atoms with van der Waals surface area (Å²) < 4.78 is 0.548. The summed E-state index contributed by atoms with van der Waals surface area (Å²) in [5.74, 6) is 0. The maximum atomic E-state index is 11.0. The Balaban J connectivity index is 2.98. The van der Waals surface area contributed by atoms with E-state index in [4.69, 9.17) is 0 Å². The molecule has 0 N–H and O–H groups in total. The summed E-state index contributed by atoms with van der Waals surface area (Å²) in [5, 5.41) is 21.5. The summed E-state index contributed by atoms with van der Waals surface area (Å²) in [5.41, 5.74) is -0.726. The van der Waals surface area contributed by atoms with Gasteiger partial charge in [-0.15, -0.1) is 0 Å². The third-order valence-corrected chi connectivity index (χ3v) is 1.97. The first kappa shape index (κ1) is 8.70. The number of hydrogen-bond acceptors (Lipinski definition) is 3. The Morgan fingerprint density at radius 1 is 1.75 bits per heavy atom. The van der Waals surface area contributed by atoms with Gasteiger partial charge >= 0.3 is 0 Å². The standard InChI is InChI=1S/C7H10N2O3/c1-6-3-4-7(2,9(11)12)5-8(6)10/h3,5H,4H2,1-2H3. The molecule has 66 valence electrons. The molecule has 1 unspecified atom stereocenters. The number of nitrogens with zero attached hydrogens (tertiary/aromatic N) is 2. The Bertz CT molecular complexity index is 282. The predicted molar refractivity (Wildman–Crippen MR) is 43.5 cm³/mol. The molecule has 0 aromatic carbocycles. The van der Waals surface area contributed by atoms with Crippen molar-refractivity contribution in [2.24, 2.45) is 0 Å². The molecule has 1 heterocycles. The first-order valence-electron chi connectivity index (χ1n) is 3.59. The third-order valence-electron chi connectivity index (χ3n) is 1.97. The van der Waals surface area contributed by atoms with Gasteiger partial charge in [-0.3, -0.25) is 10.1 Å². The molecule has 0 fully saturated rings. The number of nitro groups is 1. The summed E-state index contributed by atoms with van der Waals surface area (Å²) >= 11 is 0. The van der Waals surface area contributed by atoms with Gasteiger partial charge in [-0.2, -0.15) is 4.74 Å². The second kappa shape index (κ2) is 2.58. The molecule has 0 aliphatic carbocycles. The molecule has 0 radical (unpaired) electrons. The summed E-state index contributed by atoms with van der Waals surface area (Å²) in [6, 6.07) is 0. The number of allylic oxidation sites excluding steroid dienone is 1. The Hall–Kier alpha value is -1.39. The lowest BCUT2D eigenvalue weighted by Gasteiger charge is -2.17. The molecular formula is C7H10N2O3. The van der Waals surface area contributed by atoms with Crippen molar-refractivity contribution < 1.29 is 9.66 Å². The van der Waals surface area contributed by atoms with Gasteiger partial charge < -0.3 is 5.21 Å². The number of rotatable bonds is 1. The average molecular weight is 170 g/mol. The Kier molecular flexibility index (Phi) is 1.87. The second-order valence-corrected chi connectivity index (χ2v) is 3.12. The maximum Gasteiger partial charge on any atom is 0.298 e. The van der Waals surface area contributed by atoms with Gasteiger partial charge in [-0.1, -0.05) is 0 Å². The van der Waals surface area contributed by atoms with Crippen LogP contribution in [0.2, 0.25) is 0 Å². The van der Waals surface area contributed by atoms with Gasteiger partial charge in [0.15, 0.2) is 5.70 Å². The molecule has 1 aliphatic heterocycles. The van der Waals surface area contributed by atoms with Crippen LogP contribution in [0.3, 0.4) is 0 Å². The average Bonchev–Trinajstić information content (AvgIpc) is 1.97. The van der Waals surface area contributed by atoms with E-state index < -0.39 is 10.5 Å². The van der Waals surface area contributed by atoms with Gasteiger partial charge in [0.05, 0.1) is 6.42 Å². The van der Waals surface area contributed by atoms with Gasteiger partial charge in [-0.05, 0) is 6.08 Å². The molecule has 0 saturated heterocycles. The smallest absolute Gasteiger partial charge is 0.298 e. The first-order chi connectivity index (χ1) is 5.46. The Morgan fingerprint density at radius 3 is 2.75 bits per heavy atom. The van der Waals surface area contributed by atoms with E-state index in [0.717, 1.165) is 6.21 Å². The van der Waals surface area contributed by atoms with Crippen LogP contribution in [0.4, 0.5) is 0 Å². The highest BCUT2D eigenvalue weighted by molar-refractivity contribution is 5.64. The van der Waals surface area contributed by atoms with Crippen molar-refractivity contribution in [2.45, 2.75) is 25.8 Å². The maximum absolute atomic E-state index is 11.0. The number of hydroxylamine groups is 1. The zero-order valence-corrected chi connectivity index (χ0v) is 6.98. The van der Waals surface area contributed by atoms with Gasteiger partial charge in [0.25, 0.3) is 5.54 Å². The molecule has 0 aromatic rings. The van der Waals surface area contributed by atoms with Crippen molar-refractivity contribution in [1.82, 2.24) is 0 Å². The quantitative estimate of drug-likeness (QED) is 0.254. The van der Waals surface area contributed by atoms with E-state index in [1.54, 1.807) is 13.0 Å². The fraction of sp³-hybridized carbons (Fsp3) is 0.571. The zero-order chi connectivity index (χ0) is 9.35. The minimum Gasteiger partial charge on any atom is -0.619 e. The monoisotopic (exact) mass is 170 g/mol. The highest BCUT2D eigenvalue weighted by Crippen LogP contribution is 2.18. The molecule has 0 amide bonds. The van der Waals surface area contributed by atoms with Crippen LogP contribution >= 0.6 is 0 Å². The van der Waals surface area contributed by atoms with E-state index >= 15 is 0 Å². The van der Waals surface area contributed by atoms with Crippen molar-refractivity contribution in [3.8, 4) is 0 Å². The van der Waals surface area contributed by atoms with Gasteiger partial charge in [0, 0.05) is 18.8 Å². The van der Waals surface area contributed by atoms with Gasteiger partial charge in [-0.25, -0.2) is 0 Å². The molecule has 5 heteroatoms. The summed E-state index contributed by atoms with van der Waals surface area (Å²) in [7, 11) is 0. The van der Waals surface area contributed by atoms with Crippen LogP contribution < -0.4 is 0 Å². The van der Waals surface area contributed by atoms with E-state index in [-0.39, 0.29) is 6.42 Å². The van der Waals surface area contributed by atoms with Gasteiger partial charge in [0.1, 0.15) is 0 Å². The lowest BCUT2D eigenvalue weighted by atomic mass is 9.98. The lowest BCUT2D eigenvalue weighted by Crippen LogP contribution is -2.40. The largest absolute Gasteiger partial charge is 0.619 e. The van der Waals surface area contributed by atoms with Gasteiger partial charge in [0.2, 0.25) is 6.21 Å². The second-order valence-electron chi connectivity index (χ2n) is 3.12. The Labute approximate surface area is 69.7 Å². The van der Waals surface area contributed by atoms with Crippen molar-refractivity contribution in [1.29, 1.82) is 0 Å². The molecule has 0 saturated carbocycles. The van der Waals surface area contributed by atoms with Crippen LogP contribution in [0, 0.1) is 15.3 Å². The minimum atomic E-state index is -1.23. The van der Waals surface area contributed by atoms with E-state index in [2.05, 4.69) is 0 Å². The molecular weight excluding hydrogens is 160 g/mol. The first-order valence-corrected chi connectivity index (χ1v) is 3.59. The van der Waals surface area contributed by atoms with Crippen LogP contribution in [-0.4, -0.2) is 21.4 Å². The van der Waals surface area contributed by atoms with E-state index in [0.29, 0.717) is 10.4 Å². The molecule has 5 nitrogen and oxygen atoms in total. The van der Waals surface area contributed by atoms with Crippen LogP contribution in [0.5, 0.6) is 0 Å². The lowest BCUT2D eigenvalue weighted by molar-refractivity contribution is -0.554. The Morgan fingerprint density at radius 2 is 2.33 bits per heavy atom. The summed E-state index contributed by atoms with van der Waals surface area (Å²) in [4.78, 5) is 10.1. The van der Waals surface area contributed by atoms with Crippen LogP contribution in [0.25, 0.3) is 0 Å².